The summed E-state index contributed by atoms with van der Waals surface area (Å²) in [6, 6.07) is 31.8. The third-order valence-corrected chi connectivity index (χ3v) is 7.57. The van der Waals surface area contributed by atoms with Gasteiger partial charge in [0, 0.05) is 9.92 Å². The maximum Gasteiger partial charge on any atom is 4.00 e. The van der Waals surface area contributed by atoms with E-state index in [9.17, 15) is 0 Å². The number of hydrogen-bond donors (Lipinski definition) is 0. The summed E-state index contributed by atoms with van der Waals surface area (Å²) in [5, 5.41) is 0.826. The van der Waals surface area contributed by atoms with Crippen molar-refractivity contribution in [3.8, 4) is 0 Å². The van der Waals surface area contributed by atoms with E-state index >= 15 is 0 Å². The van der Waals surface area contributed by atoms with Crippen molar-refractivity contribution in [3.63, 3.8) is 0 Å². The molecule has 0 fully saturated rings. The van der Waals surface area contributed by atoms with Crippen LogP contribution in [0.4, 0.5) is 0 Å². The summed E-state index contributed by atoms with van der Waals surface area (Å²) in [4.78, 5) is 2.66. The van der Waals surface area contributed by atoms with Crippen molar-refractivity contribution in [3.05, 3.63) is 142 Å². The summed E-state index contributed by atoms with van der Waals surface area (Å²) in [7, 11) is 0. The minimum absolute atomic E-state index is 0. The van der Waals surface area contributed by atoms with Crippen LogP contribution in [0.25, 0.3) is 12.2 Å². The van der Waals surface area contributed by atoms with Gasteiger partial charge in [0.15, 0.2) is 0 Å². The minimum Gasteiger partial charge on any atom is -1.00 e. The summed E-state index contributed by atoms with van der Waals surface area (Å²) < 4.78 is 0. The molecule has 0 saturated carbocycles. The summed E-state index contributed by atoms with van der Waals surface area (Å²) in [6.07, 6.45) is 11.0. The average molecular weight is 609 g/mol. The van der Waals surface area contributed by atoms with E-state index in [4.69, 9.17) is 11.6 Å². The molecule has 0 N–H and O–H groups in total. The van der Waals surface area contributed by atoms with Crippen LogP contribution in [0, 0.1) is 12.2 Å². The van der Waals surface area contributed by atoms with Gasteiger partial charge in [-0.05, 0) is 18.2 Å². The fourth-order valence-corrected chi connectivity index (χ4v) is 5.84. The Kier molecular flexibility index (Phi) is 9.72. The Labute approximate surface area is 247 Å². The molecule has 6 bridgehead atoms. The number of benzene rings is 4. The molecule has 5 heteroatoms. The molecule has 2 heterocycles. The van der Waals surface area contributed by atoms with E-state index in [2.05, 4.69) is 78.9 Å². The Hall–Kier alpha value is -1.54. The maximum absolute atomic E-state index is 6.25. The van der Waals surface area contributed by atoms with Gasteiger partial charge in [-0.1, -0.05) is 106 Å². The first-order chi connectivity index (χ1) is 15.8. The predicted molar refractivity (Wildman–Crippen MR) is 134 cm³/mol. The molecule has 4 aromatic rings. The molecular weight excluding hydrogens is 590 g/mol. The molecule has 2 aliphatic carbocycles. The van der Waals surface area contributed by atoms with Crippen LogP contribution in [0.1, 0.15) is 45.2 Å². The van der Waals surface area contributed by atoms with Crippen molar-refractivity contribution in [1.82, 2.24) is 0 Å². The molecule has 0 nitrogen and oxygen atoms in total. The minimum atomic E-state index is 0. The molecule has 170 valence electrons. The van der Waals surface area contributed by atoms with Crippen LogP contribution >= 0.6 is 23.4 Å². The molecule has 35 heavy (non-hydrogen) atoms. The predicted octanol–water partition coefficient (Wildman–Crippen LogP) is 2.42. The molecular formula is C30H19Cl3SZr. The Bertz CT molecular complexity index is 1360. The zero-order valence-electron chi connectivity index (χ0n) is 18.5. The fraction of sp³-hybridized carbons (Fsp3) is 0.0667. The molecule has 0 spiro atoms. The van der Waals surface area contributed by atoms with Gasteiger partial charge in [0.25, 0.3) is 0 Å². The molecule has 4 aliphatic rings. The van der Waals surface area contributed by atoms with E-state index in [1.165, 1.54) is 43.2 Å². The quantitative estimate of drug-likeness (QED) is 0.299. The average Bonchev–Trinajstić information content (AvgIpc) is 3.48. The van der Waals surface area contributed by atoms with Crippen LogP contribution in [-0.2, 0) is 26.2 Å². The Balaban J connectivity index is 0.000000180. The Morgan fingerprint density at radius 3 is 2.11 bits per heavy atom. The van der Waals surface area contributed by atoms with Gasteiger partial charge in [0.2, 0.25) is 0 Å². The fourth-order valence-electron chi connectivity index (χ4n) is 4.59. The second kappa shape index (κ2) is 12.1. The molecule has 8 rings (SSSR count). The summed E-state index contributed by atoms with van der Waals surface area (Å²) in [5.74, 6) is 0.521. The third-order valence-electron chi connectivity index (χ3n) is 6.16. The second-order valence-corrected chi connectivity index (χ2v) is 9.59. The van der Waals surface area contributed by atoms with Gasteiger partial charge in [-0.25, -0.2) is 12.2 Å². The van der Waals surface area contributed by atoms with Crippen molar-refractivity contribution >= 4 is 35.5 Å². The first-order valence-electron chi connectivity index (χ1n) is 10.7. The van der Waals surface area contributed by atoms with Gasteiger partial charge in [-0.2, -0.15) is 11.1 Å². The van der Waals surface area contributed by atoms with Crippen LogP contribution in [-0.4, -0.2) is 0 Å². The number of halogens is 3. The zero-order valence-corrected chi connectivity index (χ0v) is 24.1. The van der Waals surface area contributed by atoms with Crippen molar-refractivity contribution < 1.29 is 51.0 Å². The number of rotatable bonds is 1. The van der Waals surface area contributed by atoms with Crippen LogP contribution in [0.5, 0.6) is 0 Å². The van der Waals surface area contributed by atoms with E-state index < -0.39 is 0 Å². The van der Waals surface area contributed by atoms with Gasteiger partial charge < -0.3 is 24.8 Å². The maximum atomic E-state index is 6.25. The smallest absolute Gasteiger partial charge is 1.00 e. The normalized spacial score (nSPS) is 16.8. The molecule has 2 aliphatic heterocycles. The zero-order chi connectivity index (χ0) is 21.5. The van der Waals surface area contributed by atoms with Gasteiger partial charge in [-0.15, -0.1) is 29.0 Å². The summed E-state index contributed by atoms with van der Waals surface area (Å²) in [6.45, 7) is 0. The summed E-state index contributed by atoms with van der Waals surface area (Å²) in [5.41, 5.74) is 7.71. The number of allylic oxidation sites excluding steroid dienone is 2. The molecule has 0 saturated heterocycles. The van der Waals surface area contributed by atoms with Crippen molar-refractivity contribution in [2.45, 2.75) is 21.6 Å². The largest absolute Gasteiger partial charge is 4.00 e. The van der Waals surface area contributed by atoms with E-state index in [1.54, 1.807) is 0 Å². The third kappa shape index (κ3) is 5.43. The first-order valence-corrected chi connectivity index (χ1v) is 11.9. The van der Waals surface area contributed by atoms with Gasteiger partial charge in [0.05, 0.1) is 0 Å². The molecule has 0 amide bonds. The van der Waals surface area contributed by atoms with Gasteiger partial charge in [0.1, 0.15) is 0 Å². The topological polar surface area (TPSA) is 0 Å². The molecule has 2 atom stereocenters. The first kappa shape index (κ1) is 28.0. The van der Waals surface area contributed by atoms with E-state index in [0.717, 1.165) is 5.02 Å². The number of fused-ring (bicyclic) bond motifs is 3. The molecule has 0 radical (unpaired) electrons. The Morgan fingerprint density at radius 2 is 1.34 bits per heavy atom. The number of hydrogen-bond acceptors (Lipinski definition) is 1. The second-order valence-electron chi connectivity index (χ2n) is 8.07. The standard InChI is InChI=1S/C15H10Cl.C15H9S.2ClH.Zr/c16-14-8-4-7-12-9-10-13(15(12)14)11-5-2-1-3-6-11;1-2-13-12-8-9-14(13)15(3-1)16-11-6-4-10(12)5-7-11;;;/h1-9,13H;1-7,9,12H;2*1H;/q2*-1;;;+4/p-2. The van der Waals surface area contributed by atoms with E-state index in [0.29, 0.717) is 5.92 Å². The van der Waals surface area contributed by atoms with E-state index in [1.807, 2.05) is 48.2 Å². The van der Waals surface area contributed by atoms with Crippen LogP contribution in [0.3, 0.4) is 0 Å². The molecule has 2 unspecified atom stereocenters. The van der Waals surface area contributed by atoms with Gasteiger partial charge >= 0.3 is 26.2 Å². The Morgan fingerprint density at radius 1 is 0.657 bits per heavy atom. The SMILES string of the molecule is Clc1cccc2c1C(c1ccccc1)[C-]=C2.[C-]1=Cc2c3cccc2C1c1ccc(cc1)S3.[Cl-].[Cl-].[Zr+4]. The van der Waals surface area contributed by atoms with Gasteiger partial charge in [-0.3, -0.25) is 12.2 Å². The van der Waals surface area contributed by atoms with Crippen LogP contribution < -0.4 is 24.8 Å². The summed E-state index contributed by atoms with van der Waals surface area (Å²) >= 11 is 8.10. The van der Waals surface area contributed by atoms with Crippen LogP contribution in [0.2, 0.25) is 5.02 Å². The monoisotopic (exact) mass is 606 g/mol. The molecule has 0 aromatic heterocycles. The van der Waals surface area contributed by atoms with E-state index in [-0.39, 0.29) is 56.9 Å². The van der Waals surface area contributed by atoms with Crippen LogP contribution in [0.15, 0.2) is 101 Å². The van der Waals surface area contributed by atoms with Crippen molar-refractivity contribution in [1.29, 1.82) is 0 Å². The molecule has 4 aromatic carbocycles. The van der Waals surface area contributed by atoms with Crippen molar-refractivity contribution in [2.24, 2.45) is 0 Å². The van der Waals surface area contributed by atoms with Crippen molar-refractivity contribution in [2.75, 3.05) is 0 Å².